The minimum absolute atomic E-state index is 0.0130. The monoisotopic (exact) mass is 524 g/mol. The average Bonchev–Trinajstić information content (AvgIpc) is 3.15. The molecule has 1 atom stereocenters. The van der Waals surface area contributed by atoms with Gasteiger partial charge in [0.25, 0.3) is 0 Å². The first-order valence-electron chi connectivity index (χ1n) is 12.8. The van der Waals surface area contributed by atoms with Crippen molar-refractivity contribution in [1.29, 1.82) is 0 Å². The zero-order valence-corrected chi connectivity index (χ0v) is 21.4. The van der Waals surface area contributed by atoms with Crippen molar-refractivity contribution in [1.82, 2.24) is 20.2 Å². The molecule has 2 aromatic rings. The predicted octanol–water partition coefficient (Wildman–Crippen LogP) is 3.65. The lowest BCUT2D eigenvalue weighted by molar-refractivity contribution is -0.154. The molecule has 0 spiro atoms. The van der Waals surface area contributed by atoms with E-state index in [1.807, 2.05) is 6.07 Å². The maximum absolute atomic E-state index is 12.5. The van der Waals surface area contributed by atoms with Gasteiger partial charge < -0.3 is 24.1 Å². The van der Waals surface area contributed by atoms with E-state index in [0.717, 1.165) is 63.0 Å². The van der Waals surface area contributed by atoms with Crippen molar-refractivity contribution in [3.05, 3.63) is 41.2 Å². The summed E-state index contributed by atoms with van der Waals surface area (Å²) in [6.45, 7) is 2.80. The van der Waals surface area contributed by atoms with Crippen LogP contribution in [0.5, 0.6) is 5.88 Å². The van der Waals surface area contributed by atoms with Crippen molar-refractivity contribution >= 4 is 5.91 Å². The Bertz CT molecular complexity index is 1040. The molecule has 1 aliphatic carbocycles. The normalized spacial score (nSPS) is 21.6. The summed E-state index contributed by atoms with van der Waals surface area (Å²) in [4.78, 5) is 23.1. The zero-order chi connectivity index (χ0) is 26.4. The Labute approximate surface area is 214 Å². The van der Waals surface area contributed by atoms with Crippen LogP contribution >= 0.6 is 0 Å². The number of ether oxygens (including phenoxy) is 2. The molecule has 37 heavy (non-hydrogen) atoms. The van der Waals surface area contributed by atoms with Gasteiger partial charge in [-0.05, 0) is 43.6 Å². The molecule has 4 rings (SSSR count). The average molecular weight is 525 g/mol. The van der Waals surface area contributed by atoms with Gasteiger partial charge in [0.1, 0.15) is 5.76 Å². The Morgan fingerprint density at radius 3 is 2.65 bits per heavy atom. The van der Waals surface area contributed by atoms with Crippen LogP contribution in [0.25, 0.3) is 0 Å². The molecule has 3 heterocycles. The number of aryl methyl sites for hydroxylation is 1. The van der Waals surface area contributed by atoms with Crippen LogP contribution in [0.3, 0.4) is 0 Å². The van der Waals surface area contributed by atoms with Gasteiger partial charge in [0.15, 0.2) is 12.5 Å². The van der Waals surface area contributed by atoms with E-state index >= 15 is 0 Å². The van der Waals surface area contributed by atoms with Crippen LogP contribution in [-0.4, -0.2) is 72.4 Å². The van der Waals surface area contributed by atoms with E-state index in [1.165, 1.54) is 6.07 Å². The topological polar surface area (TPSA) is 89.7 Å². The number of rotatable bonds is 9. The first kappa shape index (κ1) is 27.4. The molecule has 0 aromatic carbocycles. The van der Waals surface area contributed by atoms with Gasteiger partial charge in [-0.3, -0.25) is 4.79 Å². The van der Waals surface area contributed by atoms with Crippen molar-refractivity contribution < 1.29 is 31.9 Å². The number of methoxy groups -OCH3 is 1. The first-order valence-corrected chi connectivity index (χ1v) is 12.8. The molecule has 11 heteroatoms. The van der Waals surface area contributed by atoms with Crippen molar-refractivity contribution in [3.8, 4) is 5.88 Å². The molecule has 1 saturated carbocycles. The number of carbonyl (C=O) groups is 1. The van der Waals surface area contributed by atoms with E-state index in [-0.39, 0.29) is 30.4 Å². The number of carbonyl (C=O) groups excluding carboxylic acids is 1. The lowest BCUT2D eigenvalue weighted by atomic mass is 9.82. The maximum atomic E-state index is 12.5. The van der Waals surface area contributed by atoms with Gasteiger partial charge in [0.05, 0.1) is 18.7 Å². The number of nitrogens with zero attached hydrogens (tertiary/aromatic N) is 3. The van der Waals surface area contributed by atoms with Crippen molar-refractivity contribution in [2.45, 2.75) is 70.2 Å². The summed E-state index contributed by atoms with van der Waals surface area (Å²) in [5, 5.41) is 3.12. The molecule has 1 amide bonds. The van der Waals surface area contributed by atoms with Crippen molar-refractivity contribution in [2.75, 3.05) is 33.4 Å². The third-order valence-electron chi connectivity index (χ3n) is 7.20. The number of amides is 1. The fourth-order valence-corrected chi connectivity index (χ4v) is 5.26. The van der Waals surface area contributed by atoms with Gasteiger partial charge >= 0.3 is 6.18 Å². The van der Waals surface area contributed by atoms with Crippen LogP contribution in [0.2, 0.25) is 0 Å². The zero-order valence-electron chi connectivity index (χ0n) is 21.4. The molecular weight excluding hydrogens is 489 g/mol. The summed E-state index contributed by atoms with van der Waals surface area (Å²) < 4.78 is 53.5. The molecule has 0 unspecified atom stereocenters. The Hall–Kier alpha value is -2.66. The number of oxazole rings is 1. The number of alkyl halides is 3. The first-order chi connectivity index (χ1) is 17.7. The van der Waals surface area contributed by atoms with Gasteiger partial charge in [-0.2, -0.15) is 13.2 Å². The lowest BCUT2D eigenvalue weighted by Crippen LogP contribution is -2.43. The number of fused-ring (bicyclic) bond motifs is 1. The minimum atomic E-state index is -4.39. The summed E-state index contributed by atoms with van der Waals surface area (Å²) in [5.41, 5.74) is 1.85. The maximum Gasteiger partial charge on any atom is 0.422 e. The predicted molar refractivity (Wildman–Crippen MR) is 129 cm³/mol. The van der Waals surface area contributed by atoms with E-state index in [4.69, 9.17) is 13.9 Å². The van der Waals surface area contributed by atoms with E-state index in [9.17, 15) is 18.0 Å². The second-order valence-corrected chi connectivity index (χ2v) is 9.94. The molecule has 1 fully saturated rings. The fraction of sp³-hybridized carbons (Fsp3) is 0.654. The number of hydrogen-bond donors (Lipinski definition) is 1. The van der Waals surface area contributed by atoms with Crippen LogP contribution < -0.4 is 10.1 Å². The third kappa shape index (κ3) is 8.16. The van der Waals surface area contributed by atoms with Crippen molar-refractivity contribution in [2.24, 2.45) is 5.92 Å². The van der Waals surface area contributed by atoms with Gasteiger partial charge in [0.2, 0.25) is 11.8 Å². The molecule has 1 N–H and O–H groups in total. The van der Waals surface area contributed by atoms with Gasteiger partial charge in [-0.1, -0.05) is 6.07 Å². The molecule has 2 aliphatic rings. The lowest BCUT2D eigenvalue weighted by Gasteiger charge is -2.35. The SMILES string of the molecule is CO[C@@H](CN1CCc2ccc(OCC(F)(F)F)nc2CC1)C1CCC(NC(=O)Cc2cnc(C)o2)CC1. The van der Waals surface area contributed by atoms with E-state index in [0.29, 0.717) is 24.0 Å². The van der Waals surface area contributed by atoms with Crippen LogP contribution in [0.1, 0.15) is 48.6 Å². The highest BCUT2D eigenvalue weighted by molar-refractivity contribution is 5.78. The standard InChI is InChI=1S/C26H35F3N4O4/c1-17-30-14-21(37-17)13-24(34)31-20-6-3-19(4-7-20)23(35-2)15-33-11-9-18-5-8-25(32-22(18)10-12-33)36-16-26(27,28)29/h5,8,14,19-20,23H,3-4,6-7,9-13,15-16H2,1-2H3,(H,31,34)/t19?,20?,23-/m0/s1. The number of pyridine rings is 1. The summed E-state index contributed by atoms with van der Waals surface area (Å²) in [5.74, 6) is 1.49. The molecule has 1 aliphatic heterocycles. The largest absolute Gasteiger partial charge is 0.468 e. The third-order valence-corrected chi connectivity index (χ3v) is 7.20. The molecule has 8 nitrogen and oxygen atoms in total. The van der Waals surface area contributed by atoms with E-state index < -0.39 is 12.8 Å². The molecular formula is C26H35F3N4O4. The highest BCUT2D eigenvalue weighted by Crippen LogP contribution is 2.29. The Morgan fingerprint density at radius 1 is 1.22 bits per heavy atom. The Kier molecular flexibility index (Phi) is 9.07. The number of halogens is 3. The second kappa shape index (κ2) is 12.3. The van der Waals surface area contributed by atoms with Crippen LogP contribution in [0.15, 0.2) is 22.7 Å². The fourth-order valence-electron chi connectivity index (χ4n) is 5.26. The van der Waals surface area contributed by atoms with Gasteiger partial charge in [-0.25, -0.2) is 9.97 Å². The molecule has 2 aromatic heterocycles. The van der Waals surface area contributed by atoms with E-state index in [1.54, 1.807) is 20.2 Å². The van der Waals surface area contributed by atoms with Crippen LogP contribution in [-0.2, 0) is 28.8 Å². The van der Waals surface area contributed by atoms with Crippen LogP contribution in [0, 0.1) is 12.8 Å². The molecule has 204 valence electrons. The molecule has 0 saturated heterocycles. The summed E-state index contributed by atoms with van der Waals surface area (Å²) >= 11 is 0. The van der Waals surface area contributed by atoms with Crippen molar-refractivity contribution in [3.63, 3.8) is 0 Å². The Balaban J connectivity index is 1.23. The van der Waals surface area contributed by atoms with Crippen LogP contribution in [0.4, 0.5) is 13.2 Å². The minimum Gasteiger partial charge on any atom is -0.468 e. The summed E-state index contributed by atoms with van der Waals surface area (Å²) in [6, 6.07) is 3.49. The summed E-state index contributed by atoms with van der Waals surface area (Å²) in [7, 11) is 1.75. The van der Waals surface area contributed by atoms with Gasteiger partial charge in [0, 0.05) is 57.9 Å². The van der Waals surface area contributed by atoms with Gasteiger partial charge in [-0.15, -0.1) is 0 Å². The highest BCUT2D eigenvalue weighted by atomic mass is 19.4. The quantitative estimate of drug-likeness (QED) is 0.536. The highest BCUT2D eigenvalue weighted by Gasteiger charge is 2.31. The Morgan fingerprint density at radius 2 is 1.97 bits per heavy atom. The molecule has 0 radical (unpaired) electrons. The smallest absolute Gasteiger partial charge is 0.422 e. The number of hydrogen-bond acceptors (Lipinski definition) is 7. The van der Waals surface area contributed by atoms with E-state index in [2.05, 4.69) is 20.2 Å². The number of aromatic nitrogens is 2. The second-order valence-electron chi connectivity index (χ2n) is 9.94. The number of nitrogens with one attached hydrogen (secondary N) is 1. The molecule has 0 bridgehead atoms. The summed E-state index contributed by atoms with van der Waals surface area (Å²) in [6.07, 6.45) is 2.66.